The first-order valence-corrected chi connectivity index (χ1v) is 5.84. The lowest BCUT2D eigenvalue weighted by molar-refractivity contribution is -0.384. The Morgan fingerprint density at radius 2 is 1.95 bits per heavy atom. The second-order valence-corrected chi connectivity index (χ2v) is 4.50. The van der Waals surface area contributed by atoms with Crippen LogP contribution in [0.4, 0.5) is 16.2 Å². The summed E-state index contributed by atoms with van der Waals surface area (Å²) in [5.74, 6) is -0.240. The molecule has 1 aromatic carbocycles. The lowest BCUT2D eigenvalue weighted by Crippen LogP contribution is -2.41. The van der Waals surface area contributed by atoms with Gasteiger partial charge in [0, 0.05) is 25.1 Å². The van der Waals surface area contributed by atoms with E-state index in [9.17, 15) is 19.7 Å². The highest BCUT2D eigenvalue weighted by Crippen LogP contribution is 2.22. The van der Waals surface area contributed by atoms with Crippen LogP contribution in [0.2, 0.25) is 0 Å². The Hall–Kier alpha value is -2.44. The number of amides is 3. The van der Waals surface area contributed by atoms with Gasteiger partial charge in [-0.25, -0.2) is 9.69 Å². The lowest BCUT2D eigenvalue weighted by atomic mass is 10.1. The van der Waals surface area contributed by atoms with Crippen molar-refractivity contribution in [1.29, 1.82) is 0 Å². The van der Waals surface area contributed by atoms with Crippen molar-refractivity contribution in [2.24, 2.45) is 5.92 Å². The molecule has 2 rings (SSSR count). The smallest absolute Gasteiger partial charge is 0.328 e. The molecule has 19 heavy (non-hydrogen) atoms. The normalized spacial score (nSPS) is 19.8. The van der Waals surface area contributed by atoms with Crippen LogP contribution in [0, 0.1) is 16.0 Å². The molecule has 0 aromatic heterocycles. The van der Waals surface area contributed by atoms with Gasteiger partial charge in [0.1, 0.15) is 0 Å². The minimum absolute atomic E-state index is 0.0690. The molecule has 7 nitrogen and oxygen atoms in total. The van der Waals surface area contributed by atoms with Crippen LogP contribution in [0.5, 0.6) is 0 Å². The third kappa shape index (κ3) is 2.70. The number of urea groups is 1. The fourth-order valence-corrected chi connectivity index (χ4v) is 1.90. The average molecular weight is 263 g/mol. The molecular formula is C12H13N3O4. The van der Waals surface area contributed by atoms with Crippen molar-refractivity contribution in [2.75, 3.05) is 11.4 Å². The largest absolute Gasteiger partial charge is 0.337 e. The van der Waals surface area contributed by atoms with Crippen molar-refractivity contribution < 1.29 is 14.5 Å². The summed E-state index contributed by atoms with van der Waals surface area (Å²) >= 11 is 0. The Morgan fingerprint density at radius 3 is 2.53 bits per heavy atom. The first-order valence-electron chi connectivity index (χ1n) is 5.84. The standard InChI is InChI=1S/C12H13N3O4/c1-8-6-11(16)14(12(17)13-7-8)9-2-4-10(5-3-9)15(18)19/h2-5,8H,6-7H2,1H3,(H,13,17). The van der Waals surface area contributed by atoms with Gasteiger partial charge in [-0.15, -0.1) is 0 Å². The summed E-state index contributed by atoms with van der Waals surface area (Å²) in [4.78, 5) is 34.9. The molecule has 0 saturated carbocycles. The van der Waals surface area contributed by atoms with Crippen molar-refractivity contribution in [3.05, 3.63) is 34.4 Å². The van der Waals surface area contributed by atoms with Crippen molar-refractivity contribution in [2.45, 2.75) is 13.3 Å². The number of imide groups is 1. The predicted molar refractivity (Wildman–Crippen MR) is 67.8 cm³/mol. The number of hydrogen-bond donors (Lipinski definition) is 1. The number of nitrogens with one attached hydrogen (secondary N) is 1. The molecule has 0 spiro atoms. The molecule has 0 bridgehead atoms. The molecule has 1 saturated heterocycles. The molecule has 1 aliphatic rings. The van der Waals surface area contributed by atoms with Crippen molar-refractivity contribution in [3.63, 3.8) is 0 Å². The van der Waals surface area contributed by atoms with Crippen LogP contribution < -0.4 is 10.2 Å². The molecule has 1 unspecified atom stereocenters. The first-order chi connectivity index (χ1) is 8.99. The van der Waals surface area contributed by atoms with Crippen molar-refractivity contribution in [1.82, 2.24) is 5.32 Å². The Kier molecular flexibility index (Phi) is 3.46. The average Bonchev–Trinajstić information content (AvgIpc) is 2.48. The lowest BCUT2D eigenvalue weighted by Gasteiger charge is -2.18. The van der Waals surface area contributed by atoms with E-state index in [-0.39, 0.29) is 23.9 Å². The summed E-state index contributed by atoms with van der Waals surface area (Å²) in [6, 6.07) is 4.83. The first kappa shape index (κ1) is 13.0. The zero-order chi connectivity index (χ0) is 14.0. The van der Waals surface area contributed by atoms with Crippen LogP contribution in [-0.2, 0) is 4.79 Å². The van der Waals surface area contributed by atoms with Crippen LogP contribution in [0.25, 0.3) is 0 Å². The van der Waals surface area contributed by atoms with Crippen LogP contribution in [-0.4, -0.2) is 23.4 Å². The Morgan fingerprint density at radius 1 is 1.32 bits per heavy atom. The summed E-state index contributed by atoms with van der Waals surface area (Å²) in [6.07, 6.45) is 0.260. The maximum atomic E-state index is 12.0. The van der Waals surface area contributed by atoms with Gasteiger partial charge in [-0.05, 0) is 18.1 Å². The molecule has 7 heteroatoms. The maximum Gasteiger partial charge on any atom is 0.328 e. The molecule has 0 aliphatic carbocycles. The van der Waals surface area contributed by atoms with Gasteiger partial charge in [0.25, 0.3) is 5.69 Å². The van der Waals surface area contributed by atoms with Gasteiger partial charge >= 0.3 is 6.03 Å². The van der Waals surface area contributed by atoms with E-state index in [1.54, 1.807) is 0 Å². The maximum absolute atomic E-state index is 12.0. The zero-order valence-corrected chi connectivity index (χ0v) is 10.3. The fraction of sp³-hybridized carbons (Fsp3) is 0.333. The van der Waals surface area contributed by atoms with E-state index in [1.165, 1.54) is 24.3 Å². The summed E-state index contributed by atoms with van der Waals surface area (Å²) < 4.78 is 0. The number of carbonyl (C=O) groups excluding carboxylic acids is 2. The highest BCUT2D eigenvalue weighted by Gasteiger charge is 2.28. The molecule has 3 amide bonds. The molecule has 100 valence electrons. The number of benzene rings is 1. The number of rotatable bonds is 2. The van der Waals surface area contributed by atoms with Gasteiger partial charge in [0.15, 0.2) is 0 Å². The summed E-state index contributed by atoms with van der Waals surface area (Å²) in [5, 5.41) is 13.2. The van der Waals surface area contributed by atoms with Crippen molar-refractivity contribution >= 4 is 23.3 Å². The summed E-state index contributed by atoms with van der Waals surface area (Å²) in [7, 11) is 0. The molecule has 1 heterocycles. The van der Waals surface area contributed by atoms with Crippen LogP contribution in [0.3, 0.4) is 0 Å². The number of nitrogens with zero attached hydrogens (tertiary/aromatic N) is 2. The highest BCUT2D eigenvalue weighted by molar-refractivity contribution is 6.14. The molecule has 1 aromatic rings. The summed E-state index contributed by atoms with van der Waals surface area (Å²) in [6.45, 7) is 2.31. The number of hydrogen-bond acceptors (Lipinski definition) is 4. The van der Waals surface area contributed by atoms with Gasteiger partial charge < -0.3 is 5.32 Å². The number of non-ortho nitro benzene ring substituents is 1. The van der Waals surface area contributed by atoms with Crippen LogP contribution in [0.15, 0.2) is 24.3 Å². The highest BCUT2D eigenvalue weighted by atomic mass is 16.6. The number of carbonyl (C=O) groups is 2. The number of nitro groups is 1. The third-order valence-electron chi connectivity index (χ3n) is 2.90. The van der Waals surface area contributed by atoms with E-state index < -0.39 is 11.0 Å². The Bertz CT molecular complexity index is 526. The van der Waals surface area contributed by atoms with Gasteiger partial charge in [-0.1, -0.05) is 6.92 Å². The summed E-state index contributed by atoms with van der Waals surface area (Å²) in [5.41, 5.74) is 0.252. The molecule has 1 fully saturated rings. The Balaban J connectivity index is 2.30. The van der Waals surface area contributed by atoms with E-state index in [1.807, 2.05) is 6.92 Å². The quantitative estimate of drug-likeness (QED) is 0.649. The van der Waals surface area contributed by atoms with E-state index >= 15 is 0 Å². The number of nitro benzene ring substituents is 1. The molecule has 0 radical (unpaired) electrons. The minimum Gasteiger partial charge on any atom is -0.337 e. The topological polar surface area (TPSA) is 92.6 Å². The molecular weight excluding hydrogens is 250 g/mol. The van der Waals surface area contributed by atoms with E-state index in [0.717, 1.165) is 4.90 Å². The van der Waals surface area contributed by atoms with E-state index in [4.69, 9.17) is 0 Å². The van der Waals surface area contributed by atoms with Gasteiger partial charge in [-0.3, -0.25) is 14.9 Å². The fourth-order valence-electron chi connectivity index (χ4n) is 1.90. The van der Waals surface area contributed by atoms with Gasteiger partial charge in [-0.2, -0.15) is 0 Å². The van der Waals surface area contributed by atoms with Crippen molar-refractivity contribution in [3.8, 4) is 0 Å². The third-order valence-corrected chi connectivity index (χ3v) is 2.90. The molecule has 1 N–H and O–H groups in total. The molecule has 1 aliphatic heterocycles. The zero-order valence-electron chi connectivity index (χ0n) is 10.3. The Labute approximate surface area is 109 Å². The molecule has 1 atom stereocenters. The van der Waals surface area contributed by atoms with E-state index in [0.29, 0.717) is 12.2 Å². The minimum atomic E-state index is -0.532. The SMILES string of the molecule is CC1CNC(=O)N(c2ccc([N+](=O)[O-])cc2)C(=O)C1. The van der Waals surface area contributed by atoms with Gasteiger partial charge in [0.05, 0.1) is 10.6 Å². The number of anilines is 1. The van der Waals surface area contributed by atoms with E-state index in [2.05, 4.69) is 5.32 Å². The van der Waals surface area contributed by atoms with Gasteiger partial charge in [0.2, 0.25) is 5.91 Å². The van der Waals surface area contributed by atoms with Crippen LogP contribution >= 0.6 is 0 Å². The predicted octanol–water partition coefficient (Wildman–Crippen LogP) is 1.68. The second kappa shape index (κ2) is 5.05. The second-order valence-electron chi connectivity index (χ2n) is 4.50. The monoisotopic (exact) mass is 263 g/mol. The van der Waals surface area contributed by atoms with Crippen LogP contribution in [0.1, 0.15) is 13.3 Å².